The van der Waals surface area contributed by atoms with Gasteiger partial charge in [-0.05, 0) is 48.5 Å². The summed E-state index contributed by atoms with van der Waals surface area (Å²) in [5.41, 5.74) is 0.547. The molecule has 3 rings (SSSR count). The van der Waals surface area contributed by atoms with Crippen LogP contribution in [-0.4, -0.2) is 16.8 Å². The molecular weight excluding hydrogens is 376 g/mol. The highest BCUT2D eigenvalue weighted by molar-refractivity contribution is 6.30. The average molecular weight is 388 g/mol. The summed E-state index contributed by atoms with van der Waals surface area (Å²) in [4.78, 5) is 28.5. The number of carbonyl (C=O) groups is 2. The summed E-state index contributed by atoms with van der Waals surface area (Å²) in [6.45, 7) is 0. The van der Waals surface area contributed by atoms with Crippen LogP contribution in [0.3, 0.4) is 0 Å². The Morgan fingerprint density at radius 2 is 1.33 bits per heavy atom. The van der Waals surface area contributed by atoms with Crippen LogP contribution in [0.5, 0.6) is 0 Å². The Morgan fingerprint density at radius 1 is 0.778 bits per heavy atom. The Bertz CT molecular complexity index is 1010. The number of hydrogen-bond acceptors (Lipinski definition) is 3. The van der Waals surface area contributed by atoms with Gasteiger partial charge in [-0.1, -0.05) is 17.7 Å². The predicted molar refractivity (Wildman–Crippen MR) is 98.0 cm³/mol. The number of rotatable bonds is 4. The van der Waals surface area contributed by atoms with Crippen LogP contribution in [0.2, 0.25) is 5.02 Å². The predicted octanol–water partition coefficient (Wildman–Crippen LogP) is 4.52. The molecule has 0 atom stereocenters. The summed E-state index contributed by atoms with van der Waals surface area (Å²) in [5, 5.41) is 5.56. The fourth-order valence-corrected chi connectivity index (χ4v) is 2.31. The number of pyridine rings is 1. The number of anilines is 2. The standard InChI is InChI=1S/C19H12ClF2N3O2/c20-11-4-6-12(7-5-11)23-18(26)16-2-1-3-17(25-16)19(27)24-13-8-9-14(21)15(22)10-13/h1-10H,(H,23,26)(H,24,27). The number of amides is 2. The van der Waals surface area contributed by atoms with Crippen molar-refractivity contribution in [2.45, 2.75) is 0 Å². The molecule has 0 fully saturated rings. The monoisotopic (exact) mass is 387 g/mol. The van der Waals surface area contributed by atoms with E-state index in [1.807, 2.05) is 0 Å². The topological polar surface area (TPSA) is 71.1 Å². The van der Waals surface area contributed by atoms with Crippen LogP contribution in [0, 0.1) is 11.6 Å². The van der Waals surface area contributed by atoms with Crippen LogP contribution in [0.4, 0.5) is 20.2 Å². The number of nitrogens with one attached hydrogen (secondary N) is 2. The molecule has 0 spiro atoms. The molecule has 1 aromatic heterocycles. The van der Waals surface area contributed by atoms with Crippen LogP contribution in [-0.2, 0) is 0 Å². The Balaban J connectivity index is 1.73. The highest BCUT2D eigenvalue weighted by Gasteiger charge is 2.14. The minimum Gasteiger partial charge on any atom is -0.321 e. The van der Waals surface area contributed by atoms with Gasteiger partial charge in [-0.2, -0.15) is 0 Å². The van der Waals surface area contributed by atoms with Crippen molar-refractivity contribution >= 4 is 34.8 Å². The molecule has 0 aliphatic rings. The van der Waals surface area contributed by atoms with Crippen LogP contribution < -0.4 is 10.6 Å². The molecule has 0 aliphatic heterocycles. The maximum Gasteiger partial charge on any atom is 0.274 e. The van der Waals surface area contributed by atoms with Crippen LogP contribution >= 0.6 is 11.6 Å². The third kappa shape index (κ3) is 4.65. The lowest BCUT2D eigenvalue weighted by atomic mass is 10.2. The number of hydrogen-bond donors (Lipinski definition) is 2. The zero-order valence-corrected chi connectivity index (χ0v) is 14.4. The number of carbonyl (C=O) groups excluding carboxylic acids is 2. The third-order valence-electron chi connectivity index (χ3n) is 3.49. The second kappa shape index (κ2) is 7.92. The number of nitrogens with zero attached hydrogens (tertiary/aromatic N) is 1. The molecule has 2 aromatic carbocycles. The van der Waals surface area contributed by atoms with E-state index in [-0.39, 0.29) is 17.1 Å². The maximum atomic E-state index is 13.2. The van der Waals surface area contributed by atoms with Crippen LogP contribution in [0.1, 0.15) is 21.0 Å². The largest absolute Gasteiger partial charge is 0.321 e. The summed E-state index contributed by atoms with van der Waals surface area (Å²) in [6.07, 6.45) is 0. The van der Waals surface area contributed by atoms with Gasteiger partial charge in [-0.3, -0.25) is 9.59 Å². The lowest BCUT2D eigenvalue weighted by molar-refractivity contribution is 0.101. The van der Waals surface area contributed by atoms with Gasteiger partial charge in [0.2, 0.25) is 0 Å². The first-order valence-corrected chi connectivity index (χ1v) is 8.10. The highest BCUT2D eigenvalue weighted by Crippen LogP contribution is 2.16. The summed E-state index contributed by atoms with van der Waals surface area (Å²) in [5.74, 6) is -3.29. The lowest BCUT2D eigenvalue weighted by Crippen LogP contribution is -2.18. The summed E-state index contributed by atoms with van der Waals surface area (Å²) in [6, 6.07) is 13.8. The van der Waals surface area contributed by atoms with E-state index in [9.17, 15) is 18.4 Å². The minimum atomic E-state index is -1.09. The molecule has 2 amide bonds. The molecule has 0 radical (unpaired) electrons. The Kier molecular flexibility index (Phi) is 5.42. The van der Waals surface area contributed by atoms with E-state index < -0.39 is 23.4 Å². The molecule has 1 heterocycles. The van der Waals surface area contributed by atoms with Crippen molar-refractivity contribution < 1.29 is 18.4 Å². The van der Waals surface area contributed by atoms with E-state index in [4.69, 9.17) is 11.6 Å². The van der Waals surface area contributed by atoms with E-state index in [0.29, 0.717) is 10.7 Å². The van der Waals surface area contributed by atoms with E-state index in [2.05, 4.69) is 15.6 Å². The molecule has 27 heavy (non-hydrogen) atoms. The van der Waals surface area contributed by atoms with Gasteiger partial charge >= 0.3 is 0 Å². The molecule has 0 aliphatic carbocycles. The Hall–Kier alpha value is -3.32. The van der Waals surface area contributed by atoms with E-state index in [1.54, 1.807) is 24.3 Å². The molecule has 0 saturated carbocycles. The van der Waals surface area contributed by atoms with Gasteiger partial charge in [0.05, 0.1) is 0 Å². The average Bonchev–Trinajstić information content (AvgIpc) is 2.66. The van der Waals surface area contributed by atoms with Crippen LogP contribution in [0.15, 0.2) is 60.7 Å². The van der Waals surface area contributed by atoms with E-state index in [1.165, 1.54) is 24.3 Å². The molecule has 0 saturated heterocycles. The van der Waals surface area contributed by atoms with E-state index in [0.717, 1.165) is 12.1 Å². The SMILES string of the molecule is O=C(Nc1ccc(Cl)cc1)c1cccc(C(=O)Nc2ccc(F)c(F)c2)n1. The lowest BCUT2D eigenvalue weighted by Gasteiger charge is -2.08. The van der Waals surface area contributed by atoms with Gasteiger partial charge in [0.1, 0.15) is 11.4 Å². The normalized spacial score (nSPS) is 10.3. The second-order valence-electron chi connectivity index (χ2n) is 5.45. The highest BCUT2D eigenvalue weighted by atomic mass is 35.5. The second-order valence-corrected chi connectivity index (χ2v) is 5.89. The van der Waals surface area contributed by atoms with Crippen molar-refractivity contribution in [2.75, 3.05) is 10.6 Å². The first kappa shape index (κ1) is 18.5. The van der Waals surface area contributed by atoms with Gasteiger partial charge in [0.25, 0.3) is 11.8 Å². The molecule has 3 aromatic rings. The summed E-state index contributed by atoms with van der Waals surface area (Å²) in [7, 11) is 0. The minimum absolute atomic E-state index is 0.0166. The fraction of sp³-hybridized carbons (Fsp3) is 0. The molecule has 2 N–H and O–H groups in total. The van der Waals surface area contributed by atoms with E-state index >= 15 is 0 Å². The molecule has 0 bridgehead atoms. The molecule has 136 valence electrons. The zero-order chi connectivity index (χ0) is 19.4. The van der Waals surface area contributed by atoms with Crippen molar-refractivity contribution in [3.05, 3.63) is 88.7 Å². The van der Waals surface area contributed by atoms with Crippen molar-refractivity contribution in [1.29, 1.82) is 0 Å². The van der Waals surface area contributed by atoms with Gasteiger partial charge in [-0.15, -0.1) is 0 Å². The van der Waals surface area contributed by atoms with Gasteiger partial charge < -0.3 is 10.6 Å². The van der Waals surface area contributed by atoms with Gasteiger partial charge in [0, 0.05) is 22.5 Å². The van der Waals surface area contributed by atoms with Gasteiger partial charge in [-0.25, -0.2) is 13.8 Å². The number of aromatic nitrogens is 1. The van der Waals surface area contributed by atoms with Crippen molar-refractivity contribution in [3.63, 3.8) is 0 Å². The maximum absolute atomic E-state index is 13.2. The molecule has 0 unspecified atom stereocenters. The molecule has 8 heteroatoms. The van der Waals surface area contributed by atoms with Crippen molar-refractivity contribution in [1.82, 2.24) is 4.98 Å². The quantitative estimate of drug-likeness (QED) is 0.691. The first-order valence-electron chi connectivity index (χ1n) is 7.73. The number of halogens is 3. The summed E-state index contributed by atoms with van der Waals surface area (Å²) < 4.78 is 26.2. The van der Waals surface area contributed by atoms with Crippen molar-refractivity contribution in [2.24, 2.45) is 0 Å². The van der Waals surface area contributed by atoms with Crippen LogP contribution in [0.25, 0.3) is 0 Å². The smallest absolute Gasteiger partial charge is 0.274 e. The first-order chi connectivity index (χ1) is 12.9. The third-order valence-corrected chi connectivity index (χ3v) is 3.75. The Morgan fingerprint density at radius 3 is 1.93 bits per heavy atom. The molecular formula is C19H12ClF2N3O2. The Labute approximate surface area is 158 Å². The fourth-order valence-electron chi connectivity index (χ4n) is 2.18. The van der Waals surface area contributed by atoms with Gasteiger partial charge in [0.15, 0.2) is 11.6 Å². The summed E-state index contributed by atoms with van der Waals surface area (Å²) >= 11 is 5.79. The number of benzene rings is 2. The molecule has 5 nitrogen and oxygen atoms in total. The zero-order valence-electron chi connectivity index (χ0n) is 13.7. The van der Waals surface area contributed by atoms with Crippen molar-refractivity contribution in [3.8, 4) is 0 Å².